The maximum atomic E-state index is 11.0. The molecule has 0 fully saturated rings. The van der Waals surface area contributed by atoms with Crippen molar-refractivity contribution in [2.24, 2.45) is 0 Å². The van der Waals surface area contributed by atoms with Gasteiger partial charge in [-0.1, -0.05) is 24.6 Å². The number of hydrogen-bond acceptors (Lipinski definition) is 4. The van der Waals surface area contributed by atoms with Crippen LogP contribution in [0.3, 0.4) is 0 Å². The van der Waals surface area contributed by atoms with E-state index in [1.165, 1.54) is 0 Å². The van der Waals surface area contributed by atoms with Crippen LogP contribution in [0, 0.1) is 0 Å². The zero-order valence-electron chi connectivity index (χ0n) is 13.0. The van der Waals surface area contributed by atoms with Gasteiger partial charge in [0.05, 0.1) is 12.2 Å². The van der Waals surface area contributed by atoms with Gasteiger partial charge in [-0.15, -0.1) is 12.4 Å². The van der Waals surface area contributed by atoms with Crippen molar-refractivity contribution < 1.29 is 14.3 Å². The minimum Gasteiger partial charge on any atom is -0.480 e. The fraction of sp³-hybridized carbons (Fsp3) is 0.375. The number of halogens is 2. The Labute approximate surface area is 146 Å². The van der Waals surface area contributed by atoms with Gasteiger partial charge in [-0.2, -0.15) is 0 Å². The van der Waals surface area contributed by atoms with E-state index in [1.54, 1.807) is 18.4 Å². The molecule has 2 rings (SSSR count). The number of carboxylic acid groups (broad SMARTS) is 1. The lowest BCUT2D eigenvalue weighted by Crippen LogP contribution is -2.36. The molecule has 1 atom stereocenters. The van der Waals surface area contributed by atoms with Gasteiger partial charge in [0.1, 0.15) is 6.26 Å². The quantitative estimate of drug-likeness (QED) is 0.806. The summed E-state index contributed by atoms with van der Waals surface area (Å²) in [6, 6.07) is 7.41. The first-order valence-corrected chi connectivity index (χ1v) is 7.53. The van der Waals surface area contributed by atoms with Crippen molar-refractivity contribution in [3.63, 3.8) is 0 Å². The molecule has 0 saturated carbocycles. The second-order valence-electron chi connectivity index (χ2n) is 5.21. The molecule has 126 valence electrons. The highest BCUT2D eigenvalue weighted by Gasteiger charge is 2.18. The Balaban J connectivity index is 0.00000264. The number of carboxylic acids is 1. The Hall–Kier alpha value is -1.56. The zero-order chi connectivity index (χ0) is 16.1. The molecule has 0 spiro atoms. The van der Waals surface area contributed by atoms with E-state index in [0.717, 1.165) is 12.0 Å². The van der Waals surface area contributed by atoms with Crippen molar-refractivity contribution in [3.8, 4) is 11.5 Å². The Morgan fingerprint density at radius 2 is 2.22 bits per heavy atom. The van der Waals surface area contributed by atoms with Gasteiger partial charge < -0.3 is 9.52 Å². The highest BCUT2D eigenvalue weighted by atomic mass is 35.5. The number of carbonyl (C=O) groups is 1. The summed E-state index contributed by atoms with van der Waals surface area (Å²) >= 11 is 5.96. The summed E-state index contributed by atoms with van der Waals surface area (Å²) in [6.07, 6.45) is 2.43. The number of aromatic nitrogens is 1. The molecule has 5 nitrogen and oxygen atoms in total. The molecule has 0 aliphatic rings. The second kappa shape index (κ2) is 8.91. The van der Waals surface area contributed by atoms with Gasteiger partial charge >= 0.3 is 5.97 Å². The Morgan fingerprint density at radius 3 is 2.83 bits per heavy atom. The van der Waals surface area contributed by atoms with Gasteiger partial charge in [0, 0.05) is 23.2 Å². The Morgan fingerprint density at radius 1 is 1.48 bits per heavy atom. The Bertz CT molecular complexity index is 646. The van der Waals surface area contributed by atoms with Crippen molar-refractivity contribution in [3.05, 3.63) is 41.2 Å². The fourth-order valence-electron chi connectivity index (χ4n) is 2.14. The van der Waals surface area contributed by atoms with E-state index in [2.05, 4.69) is 4.98 Å². The molecule has 0 saturated heterocycles. The smallest absolute Gasteiger partial charge is 0.317 e. The molecule has 1 N–H and O–H groups in total. The Kier molecular flexibility index (Phi) is 7.55. The first-order chi connectivity index (χ1) is 10.5. The van der Waals surface area contributed by atoms with Crippen LogP contribution in [0.2, 0.25) is 5.02 Å². The third kappa shape index (κ3) is 5.53. The van der Waals surface area contributed by atoms with Crippen molar-refractivity contribution in [1.29, 1.82) is 0 Å². The van der Waals surface area contributed by atoms with Crippen LogP contribution in [0.15, 0.2) is 34.9 Å². The monoisotopic (exact) mass is 358 g/mol. The molecule has 0 bridgehead atoms. The zero-order valence-corrected chi connectivity index (χ0v) is 14.6. The van der Waals surface area contributed by atoms with E-state index in [0.29, 0.717) is 23.2 Å². The molecule has 1 heterocycles. The summed E-state index contributed by atoms with van der Waals surface area (Å²) in [6.45, 7) is 4.44. The molecule has 23 heavy (non-hydrogen) atoms. The van der Waals surface area contributed by atoms with Crippen molar-refractivity contribution >= 4 is 30.0 Å². The van der Waals surface area contributed by atoms with Gasteiger partial charge in [-0.05, 0) is 31.5 Å². The molecule has 0 amide bonds. The molecule has 1 aromatic heterocycles. The highest BCUT2D eigenvalue weighted by molar-refractivity contribution is 6.30. The molecular formula is C16H20Cl2N2O3. The van der Waals surface area contributed by atoms with Crippen LogP contribution >= 0.6 is 24.0 Å². The van der Waals surface area contributed by atoms with Gasteiger partial charge in [0.25, 0.3) is 0 Å². The van der Waals surface area contributed by atoms with Crippen LogP contribution in [0.5, 0.6) is 0 Å². The molecule has 7 heteroatoms. The van der Waals surface area contributed by atoms with Crippen LogP contribution in [0.4, 0.5) is 0 Å². The maximum absolute atomic E-state index is 11.0. The van der Waals surface area contributed by atoms with Crippen molar-refractivity contribution in [2.75, 3.05) is 6.54 Å². The number of rotatable bonds is 7. The lowest BCUT2D eigenvalue weighted by atomic mass is 10.2. The molecule has 0 aliphatic carbocycles. The summed E-state index contributed by atoms with van der Waals surface area (Å²) in [4.78, 5) is 17.3. The van der Waals surface area contributed by atoms with Gasteiger partial charge in [0.15, 0.2) is 0 Å². The lowest BCUT2D eigenvalue weighted by molar-refractivity contribution is -0.139. The van der Waals surface area contributed by atoms with Crippen LogP contribution in [0.1, 0.15) is 26.0 Å². The predicted octanol–water partition coefficient (Wildman–Crippen LogP) is 4.10. The average Bonchev–Trinajstić information content (AvgIpc) is 2.94. The summed E-state index contributed by atoms with van der Waals surface area (Å²) in [7, 11) is 0. The average molecular weight is 359 g/mol. The fourth-order valence-corrected chi connectivity index (χ4v) is 2.33. The minimum absolute atomic E-state index is 0. The topological polar surface area (TPSA) is 66.6 Å². The SMILES string of the molecule is CCC(C)N(CC(=O)O)Cc1coc(-c2cccc(Cl)c2)n1.Cl. The molecule has 0 aliphatic heterocycles. The van der Waals surface area contributed by atoms with Crippen LogP contribution in [-0.2, 0) is 11.3 Å². The standard InChI is InChI=1S/C16H19ClN2O3.ClH/c1-3-11(2)19(9-15(20)21)8-14-10-22-16(18-14)12-5-4-6-13(17)7-12;/h4-7,10-11H,3,8-9H2,1-2H3,(H,20,21);1H. The minimum atomic E-state index is -0.848. The third-order valence-corrected chi connectivity index (χ3v) is 3.78. The van der Waals surface area contributed by atoms with Crippen molar-refractivity contribution in [2.45, 2.75) is 32.9 Å². The normalized spacial score (nSPS) is 12.0. The van der Waals surface area contributed by atoms with Gasteiger partial charge in [-0.3, -0.25) is 9.69 Å². The van der Waals surface area contributed by atoms with Crippen LogP contribution in [-0.4, -0.2) is 33.5 Å². The number of hydrogen-bond donors (Lipinski definition) is 1. The van der Waals surface area contributed by atoms with Gasteiger partial charge in [-0.25, -0.2) is 4.98 Å². The summed E-state index contributed by atoms with van der Waals surface area (Å²) in [5, 5.41) is 9.64. The summed E-state index contributed by atoms with van der Waals surface area (Å²) in [5.74, 6) is -0.365. The van der Waals surface area contributed by atoms with Crippen LogP contribution in [0.25, 0.3) is 11.5 Å². The molecule has 1 aromatic carbocycles. The first-order valence-electron chi connectivity index (χ1n) is 7.15. The van der Waals surface area contributed by atoms with Crippen molar-refractivity contribution in [1.82, 2.24) is 9.88 Å². The first kappa shape index (κ1) is 19.5. The summed E-state index contributed by atoms with van der Waals surface area (Å²) in [5.41, 5.74) is 1.50. The van der Waals surface area contributed by atoms with Gasteiger partial charge in [0.2, 0.25) is 5.89 Å². The molecule has 2 aromatic rings. The maximum Gasteiger partial charge on any atom is 0.317 e. The van der Waals surface area contributed by atoms with E-state index < -0.39 is 5.97 Å². The number of oxazole rings is 1. The second-order valence-corrected chi connectivity index (χ2v) is 5.65. The summed E-state index contributed by atoms with van der Waals surface area (Å²) < 4.78 is 5.48. The van der Waals surface area contributed by atoms with E-state index >= 15 is 0 Å². The van der Waals surface area contributed by atoms with E-state index in [4.69, 9.17) is 21.1 Å². The largest absolute Gasteiger partial charge is 0.480 e. The van der Waals surface area contributed by atoms with E-state index in [9.17, 15) is 4.79 Å². The third-order valence-electron chi connectivity index (χ3n) is 3.54. The highest BCUT2D eigenvalue weighted by Crippen LogP contribution is 2.22. The van der Waals surface area contributed by atoms with Crippen LogP contribution < -0.4 is 0 Å². The molecular weight excluding hydrogens is 339 g/mol. The number of aliphatic carboxylic acids is 1. The molecule has 0 radical (unpaired) electrons. The predicted molar refractivity (Wildman–Crippen MR) is 92.0 cm³/mol. The number of nitrogens with zero attached hydrogens (tertiary/aromatic N) is 2. The van der Waals surface area contributed by atoms with E-state index in [-0.39, 0.29) is 25.0 Å². The van der Waals surface area contributed by atoms with E-state index in [1.807, 2.05) is 30.9 Å². The molecule has 1 unspecified atom stereocenters. The lowest BCUT2D eigenvalue weighted by Gasteiger charge is -2.25. The number of benzene rings is 1.